The van der Waals surface area contributed by atoms with Crippen LogP contribution >= 0.6 is 11.6 Å². The maximum Gasteiger partial charge on any atom is 0.407 e. The van der Waals surface area contributed by atoms with Crippen LogP contribution in [0.3, 0.4) is 0 Å². The van der Waals surface area contributed by atoms with Gasteiger partial charge in [0.05, 0.1) is 22.4 Å². The van der Waals surface area contributed by atoms with Gasteiger partial charge in [0.1, 0.15) is 19.5 Å². The molecule has 0 aliphatic heterocycles. The van der Waals surface area contributed by atoms with E-state index in [9.17, 15) is 31.5 Å². The van der Waals surface area contributed by atoms with Crippen LogP contribution < -0.4 is 11.1 Å². The smallest absolute Gasteiger partial charge is 0.407 e. The number of amides is 2. The Balaban J connectivity index is 1.82. The largest absolute Gasteiger partial charge is 0.447 e. The Kier molecular flexibility index (Phi) is 11.8. The second kappa shape index (κ2) is 15.7. The lowest BCUT2D eigenvalue weighted by Gasteiger charge is -2.32. The second-order valence-electron chi connectivity index (χ2n) is 12.3. The number of hydrogen-bond acceptors (Lipinski definition) is 7. The van der Waals surface area contributed by atoms with Gasteiger partial charge in [-0.05, 0) is 47.7 Å². The highest BCUT2D eigenvalue weighted by Gasteiger charge is 2.33. The van der Waals surface area contributed by atoms with Crippen molar-refractivity contribution in [3.05, 3.63) is 83.0 Å². The van der Waals surface area contributed by atoms with Gasteiger partial charge in [0.15, 0.2) is 11.8 Å². The number of alkyl halides is 5. The standard InChI is InChI=1S/C32H35ClF5N9O3/c1-31(2,3)12-13-40-29(39)46(28(48)20-7-5-19(6-8-20)23-11-14-45(4)44-23)25(16-50-30(49)41-17-32(36,37)38)21-9-10-22(33)24(15-21)47-27(26(34)35)42-18-43-47/h5-11,14-15,18,25-26H,12-13,16-17H2,1-4H3,(H2,39,40)(H,41,49)/t25-/m1/s1. The molecule has 0 aliphatic carbocycles. The predicted octanol–water partition coefficient (Wildman–Crippen LogP) is 6.48. The summed E-state index contributed by atoms with van der Waals surface area (Å²) in [6.45, 7) is 3.71. The fraction of sp³-hybridized carbons (Fsp3) is 0.375. The highest BCUT2D eigenvalue weighted by Crippen LogP contribution is 2.32. The number of benzene rings is 2. The lowest BCUT2D eigenvalue weighted by atomic mass is 9.92. The molecule has 18 heteroatoms. The van der Waals surface area contributed by atoms with Crippen molar-refractivity contribution >= 4 is 29.6 Å². The predicted molar refractivity (Wildman–Crippen MR) is 175 cm³/mol. The van der Waals surface area contributed by atoms with Gasteiger partial charge in [-0.25, -0.2) is 23.2 Å². The number of hydrogen-bond donors (Lipinski definition) is 2. The first kappa shape index (κ1) is 37.8. The van der Waals surface area contributed by atoms with E-state index >= 15 is 0 Å². The summed E-state index contributed by atoms with van der Waals surface area (Å²) in [5, 5.41) is 9.79. The summed E-state index contributed by atoms with van der Waals surface area (Å²) in [6, 6.07) is 10.8. The lowest BCUT2D eigenvalue weighted by Crippen LogP contribution is -2.47. The molecule has 0 bridgehead atoms. The fourth-order valence-corrected chi connectivity index (χ4v) is 4.86. The van der Waals surface area contributed by atoms with Crippen molar-refractivity contribution in [2.45, 2.75) is 45.8 Å². The minimum atomic E-state index is -4.72. The third-order valence-corrected chi connectivity index (χ3v) is 7.53. The minimum absolute atomic E-state index is 0.0291. The van der Waals surface area contributed by atoms with E-state index in [1.807, 2.05) is 20.8 Å². The number of nitrogens with zero attached hydrogens (tertiary/aromatic N) is 7. The van der Waals surface area contributed by atoms with Gasteiger partial charge in [0.25, 0.3) is 12.3 Å². The van der Waals surface area contributed by atoms with E-state index in [1.54, 1.807) is 41.4 Å². The summed E-state index contributed by atoms with van der Waals surface area (Å²) in [5.74, 6) is -1.75. The molecule has 1 atom stereocenters. The van der Waals surface area contributed by atoms with Crippen molar-refractivity contribution in [3.8, 4) is 16.9 Å². The number of aliphatic imine (C=N–C) groups is 1. The molecule has 3 N–H and O–H groups in total. The van der Waals surface area contributed by atoms with Crippen LogP contribution in [0.5, 0.6) is 0 Å². The molecule has 50 heavy (non-hydrogen) atoms. The summed E-state index contributed by atoms with van der Waals surface area (Å²) in [5.41, 5.74) is 7.85. The molecular weight excluding hydrogens is 689 g/mol. The van der Waals surface area contributed by atoms with Gasteiger partial charge in [-0.3, -0.25) is 19.4 Å². The summed E-state index contributed by atoms with van der Waals surface area (Å²) >= 11 is 6.39. The van der Waals surface area contributed by atoms with Gasteiger partial charge in [-0.15, -0.1) is 0 Å². The van der Waals surface area contributed by atoms with Gasteiger partial charge >= 0.3 is 12.3 Å². The highest BCUT2D eigenvalue weighted by molar-refractivity contribution is 6.32. The van der Waals surface area contributed by atoms with Gasteiger partial charge in [-0.2, -0.15) is 23.4 Å². The Labute approximate surface area is 289 Å². The summed E-state index contributed by atoms with van der Waals surface area (Å²) < 4.78 is 73.6. The zero-order valence-electron chi connectivity index (χ0n) is 27.5. The number of alkyl carbamates (subject to hydrolysis) is 1. The molecular formula is C32H35ClF5N9O3. The molecule has 0 aliphatic rings. The highest BCUT2D eigenvalue weighted by atomic mass is 35.5. The molecule has 0 radical (unpaired) electrons. The van der Waals surface area contributed by atoms with Crippen molar-refractivity contribution < 1.29 is 36.3 Å². The number of aryl methyl sites for hydroxylation is 1. The molecule has 2 aromatic carbocycles. The number of ether oxygens (including phenoxy) is 1. The third-order valence-electron chi connectivity index (χ3n) is 7.21. The molecule has 268 valence electrons. The SMILES string of the molecule is Cn1ccc(-c2ccc(C(=O)N(C(N)=NCCC(C)(C)C)[C@H](COC(=O)NCC(F)(F)F)c3ccc(Cl)c(-n4ncnc4C(F)F)c3)cc2)n1. The molecule has 2 heterocycles. The number of halogens is 6. The molecule has 4 rings (SSSR count). The van der Waals surface area contributed by atoms with E-state index in [-0.39, 0.29) is 39.8 Å². The van der Waals surface area contributed by atoms with Crippen LogP contribution in [0.25, 0.3) is 16.9 Å². The van der Waals surface area contributed by atoms with E-state index in [2.05, 4.69) is 20.2 Å². The van der Waals surface area contributed by atoms with Gasteiger partial charge in [-0.1, -0.05) is 50.6 Å². The number of nitrogens with two attached hydrogens (primary N) is 1. The summed E-state index contributed by atoms with van der Waals surface area (Å²) in [7, 11) is 1.76. The first-order valence-corrected chi connectivity index (χ1v) is 15.5. The molecule has 0 fully saturated rings. The maximum absolute atomic E-state index is 14.3. The molecule has 4 aromatic rings. The Hall–Kier alpha value is -5.06. The Bertz CT molecular complexity index is 1820. The first-order valence-electron chi connectivity index (χ1n) is 15.1. The average Bonchev–Trinajstić information content (AvgIpc) is 3.71. The molecule has 2 aromatic heterocycles. The van der Waals surface area contributed by atoms with Crippen LogP contribution in [-0.4, -0.2) is 73.3 Å². The number of guanidine groups is 1. The zero-order chi connectivity index (χ0) is 36.8. The molecule has 0 spiro atoms. The van der Waals surface area contributed by atoms with E-state index in [0.717, 1.165) is 15.9 Å². The third kappa shape index (κ3) is 9.99. The topological polar surface area (TPSA) is 146 Å². The maximum atomic E-state index is 14.3. The van der Waals surface area contributed by atoms with Crippen LogP contribution in [0.15, 0.2) is 66.0 Å². The van der Waals surface area contributed by atoms with Crippen LogP contribution in [0.4, 0.5) is 26.7 Å². The summed E-state index contributed by atoms with van der Waals surface area (Å²) in [6.07, 6.45) is -5.98. The molecule has 0 unspecified atom stereocenters. The fourth-order valence-electron chi connectivity index (χ4n) is 4.66. The Morgan fingerprint density at radius 1 is 1.10 bits per heavy atom. The number of aromatic nitrogens is 5. The zero-order valence-corrected chi connectivity index (χ0v) is 28.2. The quantitative estimate of drug-likeness (QED) is 0.102. The van der Waals surface area contributed by atoms with Crippen LogP contribution in [0, 0.1) is 5.41 Å². The Morgan fingerprint density at radius 3 is 2.40 bits per heavy atom. The van der Waals surface area contributed by atoms with E-state index in [0.29, 0.717) is 17.7 Å². The van der Waals surface area contributed by atoms with E-state index in [1.165, 1.54) is 30.3 Å². The average molecular weight is 724 g/mol. The number of nitrogens with one attached hydrogen (secondary N) is 1. The molecule has 0 saturated carbocycles. The van der Waals surface area contributed by atoms with Crippen LogP contribution in [0.2, 0.25) is 5.02 Å². The van der Waals surface area contributed by atoms with Gasteiger partial charge in [0.2, 0.25) is 0 Å². The lowest BCUT2D eigenvalue weighted by molar-refractivity contribution is -0.123. The normalized spacial score (nSPS) is 13.0. The van der Waals surface area contributed by atoms with Crippen molar-refractivity contribution in [1.82, 2.24) is 34.8 Å². The number of carbonyl (C=O) groups excluding carboxylic acids is 2. The van der Waals surface area contributed by atoms with Gasteiger partial charge in [0, 0.05) is 30.9 Å². The van der Waals surface area contributed by atoms with Crippen molar-refractivity contribution in [2.75, 3.05) is 19.7 Å². The molecule has 0 saturated heterocycles. The van der Waals surface area contributed by atoms with Crippen LogP contribution in [-0.2, 0) is 11.8 Å². The van der Waals surface area contributed by atoms with Crippen LogP contribution in [0.1, 0.15) is 61.4 Å². The minimum Gasteiger partial charge on any atom is -0.447 e. The van der Waals surface area contributed by atoms with Crippen molar-refractivity contribution in [3.63, 3.8) is 0 Å². The van der Waals surface area contributed by atoms with Gasteiger partial charge < -0.3 is 15.8 Å². The number of rotatable bonds is 11. The molecule has 2 amide bonds. The first-order chi connectivity index (χ1) is 23.4. The van der Waals surface area contributed by atoms with Crippen molar-refractivity contribution in [2.24, 2.45) is 23.2 Å². The van der Waals surface area contributed by atoms with Crippen molar-refractivity contribution in [1.29, 1.82) is 0 Å². The number of carbonyl (C=O) groups is 2. The molecule has 12 nitrogen and oxygen atoms in total. The van der Waals surface area contributed by atoms with E-state index in [4.69, 9.17) is 22.1 Å². The monoisotopic (exact) mass is 723 g/mol. The second-order valence-corrected chi connectivity index (χ2v) is 12.7. The van der Waals surface area contributed by atoms with E-state index < -0.39 is 49.6 Å². The summed E-state index contributed by atoms with van der Waals surface area (Å²) in [4.78, 5) is 35.8. The Morgan fingerprint density at radius 2 is 1.80 bits per heavy atom.